The third-order valence-electron chi connectivity index (χ3n) is 4.09. The Bertz CT molecular complexity index is 456. The van der Waals surface area contributed by atoms with Crippen LogP contribution in [0.15, 0.2) is 24.3 Å². The molecule has 1 aliphatic heterocycles. The zero-order chi connectivity index (χ0) is 14.0. The van der Waals surface area contributed by atoms with Crippen LogP contribution in [0.1, 0.15) is 38.2 Å². The summed E-state index contributed by atoms with van der Waals surface area (Å²) in [5, 5.41) is 9.31. The Labute approximate surface area is 113 Å². The molecule has 1 aromatic carbocycles. The molecule has 4 heteroatoms. The quantitative estimate of drug-likeness (QED) is 0.907. The first-order valence-electron chi connectivity index (χ1n) is 6.63. The van der Waals surface area contributed by atoms with Gasteiger partial charge in [-0.15, -0.1) is 0 Å². The molecule has 0 saturated carbocycles. The van der Waals surface area contributed by atoms with Crippen LogP contribution in [0.4, 0.5) is 4.39 Å². The highest BCUT2D eigenvalue weighted by atomic mass is 19.1. The molecule has 0 bridgehead atoms. The lowest BCUT2D eigenvalue weighted by Crippen LogP contribution is -2.62. The first-order chi connectivity index (χ1) is 8.96. The molecule has 1 saturated heterocycles. The molecule has 19 heavy (non-hydrogen) atoms. The molecule has 2 unspecified atom stereocenters. The van der Waals surface area contributed by atoms with Crippen LogP contribution in [0.25, 0.3) is 0 Å². The van der Waals surface area contributed by atoms with Gasteiger partial charge in [0.25, 0.3) is 0 Å². The van der Waals surface area contributed by atoms with E-state index in [0.717, 1.165) is 12.0 Å². The van der Waals surface area contributed by atoms with Gasteiger partial charge in [0.2, 0.25) is 5.91 Å². The van der Waals surface area contributed by atoms with Crippen LogP contribution in [-0.2, 0) is 4.79 Å². The molecule has 0 aliphatic carbocycles. The van der Waals surface area contributed by atoms with Gasteiger partial charge >= 0.3 is 0 Å². The van der Waals surface area contributed by atoms with E-state index in [4.69, 9.17) is 0 Å². The molecule has 1 N–H and O–H groups in total. The number of halogens is 1. The van der Waals surface area contributed by atoms with Gasteiger partial charge in [0.15, 0.2) is 0 Å². The summed E-state index contributed by atoms with van der Waals surface area (Å²) in [5.74, 6) is -0.158. The highest BCUT2D eigenvalue weighted by molar-refractivity contribution is 5.79. The minimum Gasteiger partial charge on any atom is -0.394 e. The molecule has 2 atom stereocenters. The second-order valence-corrected chi connectivity index (χ2v) is 5.61. The third kappa shape index (κ3) is 2.78. The molecule has 0 spiro atoms. The number of nitrogens with zero attached hydrogens (tertiary/aromatic N) is 1. The fraction of sp³-hybridized carbons (Fsp3) is 0.533. The van der Waals surface area contributed by atoms with Crippen LogP contribution >= 0.6 is 0 Å². The van der Waals surface area contributed by atoms with E-state index in [0.29, 0.717) is 13.0 Å². The van der Waals surface area contributed by atoms with Crippen LogP contribution in [0.3, 0.4) is 0 Å². The lowest BCUT2D eigenvalue weighted by molar-refractivity contribution is -0.149. The van der Waals surface area contributed by atoms with E-state index >= 15 is 0 Å². The summed E-state index contributed by atoms with van der Waals surface area (Å²) in [6.45, 7) is 4.58. The van der Waals surface area contributed by atoms with Crippen molar-refractivity contribution in [3.63, 3.8) is 0 Å². The number of carbonyl (C=O) groups is 1. The Balaban J connectivity index is 1.97. The summed E-state index contributed by atoms with van der Waals surface area (Å²) in [4.78, 5) is 13.9. The number of aliphatic hydroxyl groups excluding tert-OH is 1. The molecule has 0 radical (unpaired) electrons. The SMILES string of the molecule is CC(CC(=O)N1CCC1(C)CO)c1ccc(F)cc1. The largest absolute Gasteiger partial charge is 0.394 e. The molecule has 1 amide bonds. The summed E-state index contributed by atoms with van der Waals surface area (Å²) in [6, 6.07) is 6.26. The number of carbonyl (C=O) groups excluding carboxylic acids is 1. The van der Waals surface area contributed by atoms with Gasteiger partial charge in [-0.25, -0.2) is 4.39 Å². The summed E-state index contributed by atoms with van der Waals surface area (Å²) < 4.78 is 12.8. The van der Waals surface area contributed by atoms with E-state index in [1.807, 2.05) is 13.8 Å². The van der Waals surface area contributed by atoms with Crippen LogP contribution in [0.2, 0.25) is 0 Å². The third-order valence-corrected chi connectivity index (χ3v) is 4.09. The second kappa shape index (κ2) is 5.29. The average molecular weight is 265 g/mol. The van der Waals surface area contributed by atoms with E-state index in [9.17, 15) is 14.3 Å². The zero-order valence-electron chi connectivity index (χ0n) is 11.4. The van der Waals surface area contributed by atoms with Crippen molar-refractivity contribution in [3.8, 4) is 0 Å². The van der Waals surface area contributed by atoms with Crippen molar-refractivity contribution in [2.75, 3.05) is 13.2 Å². The van der Waals surface area contributed by atoms with Gasteiger partial charge in [-0.1, -0.05) is 19.1 Å². The van der Waals surface area contributed by atoms with E-state index in [2.05, 4.69) is 0 Å². The van der Waals surface area contributed by atoms with Crippen molar-refractivity contribution in [3.05, 3.63) is 35.6 Å². The lowest BCUT2D eigenvalue weighted by atomic mass is 9.86. The number of rotatable bonds is 4. The molecule has 2 rings (SSSR count). The van der Waals surface area contributed by atoms with Gasteiger partial charge in [0.1, 0.15) is 5.82 Å². The minimum absolute atomic E-state index is 0.00364. The summed E-state index contributed by atoms with van der Waals surface area (Å²) in [7, 11) is 0. The van der Waals surface area contributed by atoms with Gasteiger partial charge in [-0.05, 0) is 37.0 Å². The summed E-state index contributed by atoms with van der Waals surface area (Å²) >= 11 is 0. The molecular formula is C15H20FNO2. The van der Waals surface area contributed by atoms with Crippen LogP contribution < -0.4 is 0 Å². The lowest BCUT2D eigenvalue weighted by Gasteiger charge is -2.50. The zero-order valence-corrected chi connectivity index (χ0v) is 11.4. The fourth-order valence-corrected chi connectivity index (χ4v) is 2.48. The van der Waals surface area contributed by atoms with E-state index in [1.54, 1.807) is 17.0 Å². The average Bonchev–Trinajstić information content (AvgIpc) is 2.37. The van der Waals surface area contributed by atoms with Crippen molar-refractivity contribution in [2.24, 2.45) is 0 Å². The topological polar surface area (TPSA) is 40.5 Å². The van der Waals surface area contributed by atoms with Crippen LogP contribution in [0, 0.1) is 5.82 Å². The molecule has 1 fully saturated rings. The Morgan fingerprint density at radius 2 is 2.11 bits per heavy atom. The van der Waals surface area contributed by atoms with E-state index < -0.39 is 0 Å². The number of benzene rings is 1. The number of hydrogen-bond donors (Lipinski definition) is 1. The molecule has 104 valence electrons. The molecule has 3 nitrogen and oxygen atoms in total. The van der Waals surface area contributed by atoms with Gasteiger partial charge in [0, 0.05) is 13.0 Å². The monoisotopic (exact) mass is 265 g/mol. The summed E-state index contributed by atoms with van der Waals surface area (Å²) in [6.07, 6.45) is 1.24. The van der Waals surface area contributed by atoms with Crippen molar-refractivity contribution >= 4 is 5.91 Å². The van der Waals surface area contributed by atoms with Gasteiger partial charge < -0.3 is 10.0 Å². The normalized spacial score (nSPS) is 23.9. The van der Waals surface area contributed by atoms with E-state index in [1.165, 1.54) is 12.1 Å². The second-order valence-electron chi connectivity index (χ2n) is 5.61. The molecule has 1 aromatic rings. The van der Waals surface area contributed by atoms with Crippen molar-refractivity contribution < 1.29 is 14.3 Å². The Kier molecular flexibility index (Phi) is 3.90. The number of likely N-dealkylation sites (tertiary alicyclic amines) is 1. The highest BCUT2D eigenvalue weighted by Crippen LogP contribution is 2.32. The van der Waals surface area contributed by atoms with E-state index in [-0.39, 0.29) is 29.8 Å². The highest BCUT2D eigenvalue weighted by Gasteiger charge is 2.42. The fourth-order valence-electron chi connectivity index (χ4n) is 2.48. The van der Waals surface area contributed by atoms with Crippen LogP contribution in [-0.4, -0.2) is 34.6 Å². The number of amides is 1. The Morgan fingerprint density at radius 1 is 1.47 bits per heavy atom. The maximum absolute atomic E-state index is 12.8. The first-order valence-corrected chi connectivity index (χ1v) is 6.63. The standard InChI is InChI=1S/C15H20FNO2/c1-11(12-3-5-13(16)6-4-12)9-14(19)17-8-7-15(17,2)10-18/h3-6,11,18H,7-10H2,1-2H3. The minimum atomic E-state index is -0.389. The molecular weight excluding hydrogens is 245 g/mol. The first kappa shape index (κ1) is 14.0. The summed E-state index contributed by atoms with van der Waals surface area (Å²) in [5.41, 5.74) is 0.570. The predicted molar refractivity (Wildman–Crippen MR) is 71.3 cm³/mol. The van der Waals surface area contributed by atoms with Gasteiger partial charge in [-0.2, -0.15) is 0 Å². The molecule has 0 aromatic heterocycles. The number of aliphatic hydroxyl groups is 1. The Morgan fingerprint density at radius 3 is 2.58 bits per heavy atom. The predicted octanol–water partition coefficient (Wildman–Crippen LogP) is 2.30. The smallest absolute Gasteiger partial charge is 0.223 e. The Hall–Kier alpha value is -1.42. The maximum Gasteiger partial charge on any atom is 0.223 e. The van der Waals surface area contributed by atoms with Crippen molar-refractivity contribution in [2.45, 2.75) is 38.1 Å². The number of hydrogen-bond acceptors (Lipinski definition) is 2. The molecule has 1 heterocycles. The van der Waals surface area contributed by atoms with Crippen LogP contribution in [0.5, 0.6) is 0 Å². The van der Waals surface area contributed by atoms with Gasteiger partial charge in [0.05, 0.1) is 12.1 Å². The van der Waals surface area contributed by atoms with Gasteiger partial charge in [-0.3, -0.25) is 4.79 Å². The van der Waals surface area contributed by atoms with Crippen molar-refractivity contribution in [1.29, 1.82) is 0 Å². The molecule has 1 aliphatic rings. The maximum atomic E-state index is 12.8. The van der Waals surface area contributed by atoms with Crippen molar-refractivity contribution in [1.82, 2.24) is 4.90 Å².